The van der Waals surface area contributed by atoms with Gasteiger partial charge in [0.15, 0.2) is 0 Å². The number of rotatable bonds is 6. The van der Waals surface area contributed by atoms with Crippen LogP contribution in [-0.2, 0) is 9.84 Å². The van der Waals surface area contributed by atoms with E-state index in [0.29, 0.717) is 25.1 Å². The van der Waals surface area contributed by atoms with E-state index in [4.69, 9.17) is 10.5 Å². The number of hydrogen-bond acceptors (Lipinski definition) is 6. The Kier molecular flexibility index (Phi) is 6.30. The number of carbonyl (C=O) groups is 2. The summed E-state index contributed by atoms with van der Waals surface area (Å²) in [6.45, 7) is 0.445. The Morgan fingerprint density at radius 3 is 2.67 bits per heavy atom. The molecule has 0 saturated carbocycles. The molecule has 11 heteroatoms. The Bertz CT molecular complexity index is 1060. The normalized spacial score (nSPS) is 17.0. The number of ether oxygens (including phenoxy) is 1. The van der Waals surface area contributed by atoms with Crippen LogP contribution in [0.15, 0.2) is 47.5 Å². The molecular weight excluding hydrogens is 420 g/mol. The molecule has 1 saturated heterocycles. The monoisotopic (exact) mass is 439 g/mol. The van der Waals surface area contributed by atoms with E-state index in [9.17, 15) is 26.8 Å². The Labute approximate surface area is 171 Å². The maximum absolute atomic E-state index is 13.0. The quantitative estimate of drug-likeness (QED) is 0.734. The first-order chi connectivity index (χ1) is 14.2. The van der Waals surface area contributed by atoms with E-state index in [1.54, 1.807) is 0 Å². The molecule has 160 valence electrons. The lowest BCUT2D eigenvalue weighted by atomic mass is 10.1. The Morgan fingerprint density at radius 1 is 1.23 bits per heavy atom. The number of primary amides is 1. The van der Waals surface area contributed by atoms with Crippen LogP contribution in [0, 0.1) is 0 Å². The van der Waals surface area contributed by atoms with Crippen molar-refractivity contribution >= 4 is 21.7 Å². The van der Waals surface area contributed by atoms with Gasteiger partial charge in [-0.1, -0.05) is 12.1 Å². The number of hydrogen-bond donors (Lipinski definition) is 1. The summed E-state index contributed by atoms with van der Waals surface area (Å²) in [5.74, 6) is -4.66. The van der Waals surface area contributed by atoms with E-state index in [1.807, 2.05) is 0 Å². The van der Waals surface area contributed by atoms with Gasteiger partial charge in [0.05, 0.1) is 17.0 Å². The number of nitrogens with two attached hydrogens (primary N) is 1. The summed E-state index contributed by atoms with van der Waals surface area (Å²) >= 11 is 0. The lowest BCUT2D eigenvalue weighted by molar-refractivity contribution is 0.0534. The molecule has 0 radical (unpaired) electrons. The third-order valence-corrected chi connectivity index (χ3v) is 6.05. The van der Waals surface area contributed by atoms with Crippen LogP contribution in [0.3, 0.4) is 0 Å². The van der Waals surface area contributed by atoms with E-state index >= 15 is 0 Å². The molecule has 0 bridgehead atoms. The highest BCUT2D eigenvalue weighted by Crippen LogP contribution is 2.25. The summed E-state index contributed by atoms with van der Waals surface area (Å²) in [6, 6.07) is 7.83. The van der Waals surface area contributed by atoms with Gasteiger partial charge < -0.3 is 15.4 Å². The van der Waals surface area contributed by atoms with Gasteiger partial charge in [-0.3, -0.25) is 14.6 Å². The van der Waals surface area contributed by atoms with Gasteiger partial charge in [-0.25, -0.2) is 8.42 Å². The number of piperidine rings is 1. The fourth-order valence-corrected chi connectivity index (χ4v) is 4.11. The number of likely N-dealkylation sites (tertiary alicyclic amines) is 1. The van der Waals surface area contributed by atoms with Crippen LogP contribution in [0.4, 0.5) is 8.78 Å². The molecule has 1 aromatic heterocycles. The lowest BCUT2D eigenvalue weighted by Crippen LogP contribution is -2.44. The Morgan fingerprint density at radius 2 is 1.97 bits per heavy atom. The van der Waals surface area contributed by atoms with Gasteiger partial charge in [0.2, 0.25) is 9.84 Å². The average Bonchev–Trinajstić information content (AvgIpc) is 2.73. The maximum atomic E-state index is 13.0. The fraction of sp³-hybridized carbons (Fsp3) is 0.316. The van der Waals surface area contributed by atoms with Gasteiger partial charge in [-0.05, 0) is 31.0 Å². The van der Waals surface area contributed by atoms with Crippen molar-refractivity contribution < 1.29 is 31.5 Å². The van der Waals surface area contributed by atoms with E-state index in [1.165, 1.54) is 41.4 Å². The van der Waals surface area contributed by atoms with Gasteiger partial charge in [0.1, 0.15) is 17.5 Å². The summed E-state index contributed by atoms with van der Waals surface area (Å²) in [7, 11) is -4.93. The molecule has 30 heavy (non-hydrogen) atoms. The number of pyridine rings is 1. The molecule has 2 aromatic rings. The van der Waals surface area contributed by atoms with Crippen molar-refractivity contribution in [3.63, 3.8) is 0 Å². The van der Waals surface area contributed by atoms with E-state index in [-0.39, 0.29) is 17.8 Å². The van der Waals surface area contributed by atoms with Gasteiger partial charge in [-0.15, -0.1) is 0 Å². The lowest BCUT2D eigenvalue weighted by Gasteiger charge is -2.33. The minimum absolute atomic E-state index is 0.0300. The van der Waals surface area contributed by atoms with Crippen molar-refractivity contribution in [3.05, 3.63) is 53.9 Å². The zero-order chi connectivity index (χ0) is 21.9. The number of carbonyl (C=O) groups excluding carboxylic acids is 2. The SMILES string of the molecule is NC(=O)c1cc(OC2CCCN(C(=O)c3ccccc3S(=O)(=O)C(F)F)C2)ccn1. The molecule has 0 aliphatic carbocycles. The molecule has 1 aliphatic heterocycles. The predicted molar refractivity (Wildman–Crippen MR) is 102 cm³/mol. The summed E-state index contributed by atoms with van der Waals surface area (Å²) in [5, 5.41) is 0. The van der Waals surface area contributed by atoms with E-state index in [0.717, 1.165) is 6.07 Å². The molecule has 1 atom stereocenters. The summed E-state index contributed by atoms with van der Waals surface area (Å²) in [5.41, 5.74) is 4.92. The molecule has 8 nitrogen and oxygen atoms in total. The number of sulfone groups is 1. The van der Waals surface area contributed by atoms with E-state index < -0.39 is 38.4 Å². The zero-order valence-corrected chi connectivity index (χ0v) is 16.5. The fourth-order valence-electron chi connectivity index (χ4n) is 3.19. The molecule has 3 rings (SSSR count). The smallest absolute Gasteiger partial charge is 0.341 e. The minimum Gasteiger partial charge on any atom is -0.488 e. The minimum atomic E-state index is -4.93. The number of nitrogens with zero attached hydrogens (tertiary/aromatic N) is 2. The summed E-state index contributed by atoms with van der Waals surface area (Å²) < 4.78 is 55.7. The molecule has 1 fully saturated rings. The Hall–Kier alpha value is -3.08. The van der Waals surface area contributed by atoms with Crippen LogP contribution in [0.1, 0.15) is 33.7 Å². The van der Waals surface area contributed by atoms with Crippen molar-refractivity contribution in [2.75, 3.05) is 13.1 Å². The number of benzene rings is 1. The number of alkyl halides is 2. The summed E-state index contributed by atoms with van der Waals surface area (Å²) in [6.07, 6.45) is 2.10. The van der Waals surface area contributed by atoms with Crippen LogP contribution < -0.4 is 10.5 Å². The van der Waals surface area contributed by atoms with Gasteiger partial charge >= 0.3 is 5.76 Å². The molecule has 0 spiro atoms. The standard InChI is InChI=1S/C19H19F2N3O5S/c20-19(21)30(27,28)16-6-2-1-5-14(16)18(26)24-9-3-4-13(11-24)29-12-7-8-23-15(10-12)17(22)25/h1-2,5-8,10,13,19H,3-4,9,11H2,(H2,22,25). The van der Waals surface area contributed by atoms with Crippen molar-refractivity contribution in [2.24, 2.45) is 5.73 Å². The second-order valence-electron chi connectivity index (χ2n) is 6.68. The molecule has 1 unspecified atom stereocenters. The van der Waals surface area contributed by atoms with E-state index in [2.05, 4.69) is 4.98 Å². The zero-order valence-electron chi connectivity index (χ0n) is 15.7. The van der Waals surface area contributed by atoms with Crippen LogP contribution >= 0.6 is 0 Å². The average molecular weight is 439 g/mol. The molecule has 2 N–H and O–H groups in total. The first-order valence-electron chi connectivity index (χ1n) is 9.03. The van der Waals surface area contributed by atoms with Crippen LogP contribution in [0.2, 0.25) is 0 Å². The van der Waals surface area contributed by atoms with Crippen molar-refractivity contribution in [2.45, 2.75) is 29.6 Å². The number of halogens is 2. The summed E-state index contributed by atoms with van der Waals surface area (Å²) in [4.78, 5) is 28.7. The second-order valence-corrected chi connectivity index (χ2v) is 8.56. The van der Waals surface area contributed by atoms with Crippen molar-refractivity contribution in [1.29, 1.82) is 0 Å². The first-order valence-corrected chi connectivity index (χ1v) is 10.6. The first kappa shape index (κ1) is 21.6. The van der Waals surface area contributed by atoms with Crippen molar-refractivity contribution in [3.8, 4) is 5.75 Å². The van der Waals surface area contributed by atoms with Crippen molar-refractivity contribution in [1.82, 2.24) is 9.88 Å². The maximum Gasteiger partial charge on any atom is 0.341 e. The molecule has 1 aliphatic rings. The number of aromatic nitrogens is 1. The topological polar surface area (TPSA) is 120 Å². The Balaban J connectivity index is 1.79. The van der Waals surface area contributed by atoms with Crippen LogP contribution in [-0.4, -0.2) is 55.1 Å². The van der Waals surface area contributed by atoms with Gasteiger partial charge in [-0.2, -0.15) is 8.78 Å². The molecule has 1 aromatic carbocycles. The highest BCUT2D eigenvalue weighted by molar-refractivity contribution is 7.91. The number of amides is 2. The highest BCUT2D eigenvalue weighted by atomic mass is 32.2. The van der Waals surface area contributed by atoms with Gasteiger partial charge in [0, 0.05) is 18.8 Å². The second kappa shape index (κ2) is 8.74. The van der Waals surface area contributed by atoms with Crippen LogP contribution in [0.25, 0.3) is 0 Å². The molecule has 2 amide bonds. The third-order valence-electron chi connectivity index (χ3n) is 4.61. The molecule has 2 heterocycles. The third kappa shape index (κ3) is 4.56. The molecular formula is C19H19F2N3O5S. The highest BCUT2D eigenvalue weighted by Gasteiger charge is 2.33. The van der Waals surface area contributed by atoms with Gasteiger partial charge in [0.25, 0.3) is 11.8 Å². The largest absolute Gasteiger partial charge is 0.488 e. The predicted octanol–water partition coefficient (Wildman–Crippen LogP) is 1.86. The van der Waals surface area contributed by atoms with Crippen LogP contribution in [0.5, 0.6) is 5.75 Å².